The van der Waals surface area contributed by atoms with Crippen LogP contribution in [0.25, 0.3) is 0 Å². The van der Waals surface area contributed by atoms with Crippen LogP contribution in [0.1, 0.15) is 26.2 Å². The maximum atomic E-state index is 13.4. The molecule has 18 heavy (non-hydrogen) atoms. The van der Waals surface area contributed by atoms with Gasteiger partial charge in [0, 0.05) is 19.5 Å². The fourth-order valence-corrected chi connectivity index (χ4v) is 1.37. The molecule has 0 spiro atoms. The molecule has 7 heteroatoms. The van der Waals surface area contributed by atoms with Gasteiger partial charge in [0.15, 0.2) is 11.6 Å². The highest BCUT2D eigenvalue weighted by molar-refractivity contribution is 5.73. The van der Waals surface area contributed by atoms with E-state index in [1.54, 1.807) is 0 Å². The van der Waals surface area contributed by atoms with Gasteiger partial charge in [0.2, 0.25) is 11.9 Å². The molecule has 0 aromatic carbocycles. The molecule has 0 aliphatic rings. The molecule has 1 heterocycles. The second kappa shape index (κ2) is 7.41. The molecule has 100 valence electrons. The van der Waals surface area contributed by atoms with Crippen LogP contribution >= 0.6 is 0 Å². The van der Waals surface area contributed by atoms with Gasteiger partial charge in [-0.25, -0.2) is 9.37 Å². The van der Waals surface area contributed by atoms with Crippen LogP contribution in [-0.4, -0.2) is 29.0 Å². The predicted molar refractivity (Wildman–Crippen MR) is 67.7 cm³/mol. The minimum Gasteiger partial charge on any atom is -0.370 e. The third-order valence-electron chi connectivity index (χ3n) is 2.22. The van der Waals surface area contributed by atoms with E-state index in [0.717, 1.165) is 12.6 Å². The molecular formula is C11H18FN5O. The number of anilines is 2. The van der Waals surface area contributed by atoms with Gasteiger partial charge in [0.25, 0.3) is 0 Å². The Bertz CT molecular complexity index is 399. The van der Waals surface area contributed by atoms with Crippen LogP contribution in [0.15, 0.2) is 6.20 Å². The number of rotatable bonds is 8. The van der Waals surface area contributed by atoms with Crippen LogP contribution in [-0.2, 0) is 4.79 Å². The largest absolute Gasteiger partial charge is 0.370 e. The zero-order valence-corrected chi connectivity index (χ0v) is 10.4. The number of amides is 1. The van der Waals surface area contributed by atoms with Crippen molar-refractivity contribution >= 4 is 17.7 Å². The number of nitrogens with one attached hydrogen (secondary N) is 2. The highest BCUT2D eigenvalue weighted by atomic mass is 19.1. The van der Waals surface area contributed by atoms with Crippen molar-refractivity contribution < 1.29 is 9.18 Å². The van der Waals surface area contributed by atoms with Gasteiger partial charge >= 0.3 is 0 Å². The van der Waals surface area contributed by atoms with E-state index in [-0.39, 0.29) is 11.7 Å². The number of carbonyl (C=O) groups excluding carboxylic acids is 1. The first-order chi connectivity index (χ1) is 8.63. The minimum atomic E-state index is -0.494. The molecule has 0 bridgehead atoms. The summed E-state index contributed by atoms with van der Waals surface area (Å²) in [5.41, 5.74) is 5.01. The van der Waals surface area contributed by atoms with E-state index in [1.807, 2.05) is 6.92 Å². The molecule has 4 N–H and O–H groups in total. The highest BCUT2D eigenvalue weighted by Crippen LogP contribution is 2.11. The third-order valence-corrected chi connectivity index (χ3v) is 2.22. The first-order valence-corrected chi connectivity index (χ1v) is 5.92. The Morgan fingerprint density at radius 3 is 2.89 bits per heavy atom. The molecule has 0 unspecified atom stereocenters. The lowest BCUT2D eigenvalue weighted by atomic mass is 10.2. The van der Waals surface area contributed by atoms with Gasteiger partial charge in [-0.2, -0.15) is 4.98 Å². The number of hydrogen-bond acceptors (Lipinski definition) is 5. The van der Waals surface area contributed by atoms with Crippen molar-refractivity contribution in [3.63, 3.8) is 0 Å². The van der Waals surface area contributed by atoms with E-state index in [0.29, 0.717) is 31.9 Å². The highest BCUT2D eigenvalue weighted by Gasteiger charge is 2.05. The average Bonchev–Trinajstić information content (AvgIpc) is 2.32. The maximum absolute atomic E-state index is 13.4. The SMILES string of the molecule is CCNc1ncc(F)c(NCCCCC(N)=O)n1. The van der Waals surface area contributed by atoms with Crippen molar-refractivity contribution in [2.75, 3.05) is 23.7 Å². The summed E-state index contributed by atoms with van der Waals surface area (Å²) in [4.78, 5) is 18.3. The van der Waals surface area contributed by atoms with Crippen LogP contribution in [0.5, 0.6) is 0 Å². The number of nitrogens with two attached hydrogens (primary N) is 1. The lowest BCUT2D eigenvalue weighted by molar-refractivity contribution is -0.118. The fraction of sp³-hybridized carbons (Fsp3) is 0.545. The molecule has 0 saturated heterocycles. The number of hydrogen-bond donors (Lipinski definition) is 3. The van der Waals surface area contributed by atoms with E-state index in [9.17, 15) is 9.18 Å². The zero-order chi connectivity index (χ0) is 13.4. The van der Waals surface area contributed by atoms with Crippen LogP contribution in [0.4, 0.5) is 16.2 Å². The van der Waals surface area contributed by atoms with Crippen LogP contribution < -0.4 is 16.4 Å². The lowest BCUT2D eigenvalue weighted by Crippen LogP contribution is -2.12. The summed E-state index contributed by atoms with van der Waals surface area (Å²) in [6.45, 7) is 3.11. The van der Waals surface area contributed by atoms with Gasteiger partial charge in [-0.05, 0) is 19.8 Å². The molecule has 1 amide bonds. The number of primary amides is 1. The number of aromatic nitrogens is 2. The number of carbonyl (C=O) groups is 1. The van der Waals surface area contributed by atoms with E-state index in [2.05, 4.69) is 20.6 Å². The minimum absolute atomic E-state index is 0.167. The Morgan fingerprint density at radius 1 is 1.44 bits per heavy atom. The molecule has 1 aromatic heterocycles. The average molecular weight is 255 g/mol. The van der Waals surface area contributed by atoms with Crippen LogP contribution in [0.3, 0.4) is 0 Å². The number of nitrogens with zero attached hydrogens (tertiary/aromatic N) is 2. The Morgan fingerprint density at radius 2 is 2.22 bits per heavy atom. The van der Waals surface area contributed by atoms with Crippen molar-refractivity contribution in [1.29, 1.82) is 0 Å². The van der Waals surface area contributed by atoms with Crippen LogP contribution in [0.2, 0.25) is 0 Å². The second-order valence-corrected chi connectivity index (χ2v) is 3.77. The molecular weight excluding hydrogens is 237 g/mol. The predicted octanol–water partition coefficient (Wildman–Crippen LogP) is 1.11. The lowest BCUT2D eigenvalue weighted by Gasteiger charge is -2.08. The summed E-state index contributed by atoms with van der Waals surface area (Å²) in [5.74, 6) is -0.261. The first-order valence-electron chi connectivity index (χ1n) is 5.92. The number of halogens is 1. The van der Waals surface area contributed by atoms with Gasteiger partial charge < -0.3 is 16.4 Å². The topological polar surface area (TPSA) is 92.9 Å². The second-order valence-electron chi connectivity index (χ2n) is 3.77. The molecule has 0 aliphatic carbocycles. The first kappa shape index (κ1) is 14.1. The molecule has 1 rings (SSSR count). The van der Waals surface area contributed by atoms with Crippen molar-refractivity contribution in [3.8, 4) is 0 Å². The van der Waals surface area contributed by atoms with E-state index in [1.165, 1.54) is 0 Å². The summed E-state index contributed by atoms with van der Waals surface area (Å²) in [6, 6.07) is 0. The van der Waals surface area contributed by atoms with Gasteiger partial charge in [-0.3, -0.25) is 4.79 Å². The van der Waals surface area contributed by atoms with Crippen molar-refractivity contribution in [1.82, 2.24) is 9.97 Å². The number of unbranched alkanes of at least 4 members (excludes halogenated alkanes) is 1. The summed E-state index contributed by atoms with van der Waals surface area (Å²) >= 11 is 0. The fourth-order valence-electron chi connectivity index (χ4n) is 1.37. The van der Waals surface area contributed by atoms with E-state index in [4.69, 9.17) is 5.73 Å². The van der Waals surface area contributed by atoms with Gasteiger partial charge in [-0.15, -0.1) is 0 Å². The Balaban J connectivity index is 2.40. The van der Waals surface area contributed by atoms with Gasteiger partial charge in [0.05, 0.1) is 6.20 Å². The Kier molecular flexibility index (Phi) is 5.83. The molecule has 0 fully saturated rings. The van der Waals surface area contributed by atoms with Crippen molar-refractivity contribution in [2.24, 2.45) is 5.73 Å². The van der Waals surface area contributed by atoms with E-state index < -0.39 is 5.82 Å². The third kappa shape index (κ3) is 4.94. The summed E-state index contributed by atoms with van der Waals surface area (Å²) in [5, 5.41) is 5.77. The molecule has 6 nitrogen and oxygen atoms in total. The van der Waals surface area contributed by atoms with Crippen molar-refractivity contribution in [3.05, 3.63) is 12.0 Å². The summed E-state index contributed by atoms with van der Waals surface area (Å²) in [7, 11) is 0. The normalized spacial score (nSPS) is 10.1. The molecule has 0 saturated carbocycles. The molecule has 0 aliphatic heterocycles. The smallest absolute Gasteiger partial charge is 0.224 e. The Hall–Kier alpha value is -1.92. The van der Waals surface area contributed by atoms with E-state index >= 15 is 0 Å². The quantitative estimate of drug-likeness (QED) is 0.605. The summed E-state index contributed by atoms with van der Waals surface area (Å²) < 4.78 is 13.4. The molecule has 1 aromatic rings. The maximum Gasteiger partial charge on any atom is 0.224 e. The monoisotopic (exact) mass is 255 g/mol. The standard InChI is InChI=1S/C11H18FN5O/c1-2-14-11-16-7-8(12)10(17-11)15-6-4-3-5-9(13)18/h7H,2-6H2,1H3,(H2,13,18)(H2,14,15,16,17). The zero-order valence-electron chi connectivity index (χ0n) is 10.4. The molecule has 0 atom stereocenters. The molecule has 0 radical (unpaired) electrons. The van der Waals surface area contributed by atoms with Gasteiger partial charge in [-0.1, -0.05) is 0 Å². The summed E-state index contributed by atoms with van der Waals surface area (Å²) in [6.07, 6.45) is 2.87. The van der Waals surface area contributed by atoms with Gasteiger partial charge in [0.1, 0.15) is 0 Å². The Labute approximate surface area is 105 Å². The van der Waals surface area contributed by atoms with Crippen LogP contribution in [0, 0.1) is 5.82 Å². The van der Waals surface area contributed by atoms with Crippen molar-refractivity contribution in [2.45, 2.75) is 26.2 Å².